The fourth-order valence-corrected chi connectivity index (χ4v) is 3.63. The van der Waals surface area contributed by atoms with Crippen molar-refractivity contribution in [1.82, 2.24) is 14.7 Å². The first-order valence-electron chi connectivity index (χ1n) is 10.1. The average Bonchev–Trinajstić information content (AvgIpc) is 3.18. The van der Waals surface area contributed by atoms with Crippen molar-refractivity contribution in [1.29, 1.82) is 0 Å². The highest BCUT2D eigenvalue weighted by Crippen LogP contribution is 2.26. The first-order chi connectivity index (χ1) is 15.0. The summed E-state index contributed by atoms with van der Waals surface area (Å²) in [6.07, 6.45) is 1.75. The van der Waals surface area contributed by atoms with Crippen LogP contribution < -0.4 is 10.6 Å². The quantitative estimate of drug-likeness (QED) is 0.633. The van der Waals surface area contributed by atoms with E-state index in [1.165, 1.54) is 18.2 Å². The number of amides is 2. The van der Waals surface area contributed by atoms with Gasteiger partial charge in [-0.3, -0.25) is 14.4 Å². The summed E-state index contributed by atoms with van der Waals surface area (Å²) in [6.45, 7) is 1.69. The predicted molar refractivity (Wildman–Crippen MR) is 114 cm³/mol. The van der Waals surface area contributed by atoms with Crippen molar-refractivity contribution in [3.05, 3.63) is 59.5 Å². The minimum absolute atomic E-state index is 0.0163. The molecule has 162 valence electrons. The highest BCUT2D eigenvalue weighted by atomic mass is 19.1. The zero-order chi connectivity index (χ0) is 22.0. The molecule has 1 aromatic heterocycles. The molecule has 3 aromatic rings. The number of nitrogens with two attached hydrogens (primary N) is 1. The summed E-state index contributed by atoms with van der Waals surface area (Å²) >= 11 is 0. The van der Waals surface area contributed by atoms with Crippen LogP contribution in [0.3, 0.4) is 0 Å². The number of carbonyl (C=O) groups excluding carboxylic acids is 2. The molecule has 8 nitrogen and oxygen atoms in total. The molecular weight excluding hydrogens is 401 g/mol. The Morgan fingerprint density at radius 1 is 1.19 bits per heavy atom. The number of ether oxygens (including phenoxy) is 1. The number of benzene rings is 2. The molecule has 1 aliphatic rings. The van der Waals surface area contributed by atoms with E-state index < -0.39 is 5.82 Å². The van der Waals surface area contributed by atoms with Crippen LogP contribution in [0.2, 0.25) is 0 Å². The van der Waals surface area contributed by atoms with Crippen LogP contribution in [0.1, 0.15) is 15.9 Å². The lowest BCUT2D eigenvalue weighted by Crippen LogP contribution is -2.48. The molecule has 0 saturated carbocycles. The normalized spacial score (nSPS) is 14.1. The monoisotopic (exact) mass is 425 g/mol. The molecule has 0 atom stereocenters. The van der Waals surface area contributed by atoms with Crippen LogP contribution in [0, 0.1) is 5.82 Å². The second-order valence-corrected chi connectivity index (χ2v) is 7.41. The molecule has 2 heterocycles. The molecule has 2 aromatic carbocycles. The lowest BCUT2D eigenvalue weighted by molar-refractivity contribution is 0.0548. The van der Waals surface area contributed by atoms with E-state index in [-0.39, 0.29) is 30.5 Å². The van der Waals surface area contributed by atoms with E-state index in [4.69, 9.17) is 10.5 Å². The number of aromatic nitrogens is 2. The minimum Gasteiger partial charge on any atom is -0.378 e. The topological polar surface area (TPSA) is 93.7 Å². The molecule has 1 saturated heterocycles. The average molecular weight is 425 g/mol. The minimum atomic E-state index is -0.555. The Labute approximate surface area is 179 Å². The van der Waals surface area contributed by atoms with Crippen molar-refractivity contribution in [3.63, 3.8) is 0 Å². The number of rotatable bonds is 5. The van der Waals surface area contributed by atoms with E-state index in [1.807, 2.05) is 25.2 Å². The van der Waals surface area contributed by atoms with Crippen molar-refractivity contribution in [2.24, 2.45) is 12.8 Å². The number of carbonyl (C=O) groups is 2. The van der Waals surface area contributed by atoms with E-state index in [0.29, 0.717) is 37.6 Å². The Morgan fingerprint density at radius 2 is 1.97 bits per heavy atom. The molecule has 4 rings (SSSR count). The van der Waals surface area contributed by atoms with E-state index in [1.54, 1.807) is 20.7 Å². The first-order valence-corrected chi connectivity index (χ1v) is 10.1. The number of morpholine rings is 1. The number of urea groups is 1. The molecule has 0 unspecified atom stereocenters. The molecular formula is C22H24FN5O3. The molecule has 2 amide bonds. The van der Waals surface area contributed by atoms with Gasteiger partial charge >= 0.3 is 6.03 Å². The highest BCUT2D eigenvalue weighted by Gasteiger charge is 2.26. The summed E-state index contributed by atoms with van der Waals surface area (Å²) in [7, 11) is 1.83. The van der Waals surface area contributed by atoms with Gasteiger partial charge in [-0.1, -0.05) is 12.1 Å². The molecule has 0 radical (unpaired) electrons. The van der Waals surface area contributed by atoms with Crippen molar-refractivity contribution in [2.45, 2.75) is 6.54 Å². The van der Waals surface area contributed by atoms with Crippen molar-refractivity contribution < 1.29 is 18.7 Å². The zero-order valence-corrected chi connectivity index (χ0v) is 17.3. The molecule has 0 bridgehead atoms. The largest absolute Gasteiger partial charge is 0.378 e. The molecule has 1 fully saturated rings. The van der Waals surface area contributed by atoms with Crippen LogP contribution in [0.25, 0.3) is 10.9 Å². The van der Waals surface area contributed by atoms with Gasteiger partial charge in [0, 0.05) is 42.3 Å². The number of hydrogen-bond acceptors (Lipinski definition) is 5. The molecule has 2 N–H and O–H groups in total. The van der Waals surface area contributed by atoms with Gasteiger partial charge in [0.2, 0.25) is 0 Å². The lowest BCUT2D eigenvalue weighted by Gasteiger charge is -2.33. The van der Waals surface area contributed by atoms with E-state index in [2.05, 4.69) is 5.10 Å². The lowest BCUT2D eigenvalue weighted by atomic mass is 10.1. The Balaban J connectivity index is 1.70. The van der Waals surface area contributed by atoms with Gasteiger partial charge in [-0.15, -0.1) is 0 Å². The maximum absolute atomic E-state index is 14.8. The van der Waals surface area contributed by atoms with Crippen LogP contribution >= 0.6 is 0 Å². The Morgan fingerprint density at radius 3 is 2.68 bits per heavy atom. The van der Waals surface area contributed by atoms with Gasteiger partial charge in [0.25, 0.3) is 0 Å². The van der Waals surface area contributed by atoms with Gasteiger partial charge in [0.05, 0.1) is 38.0 Å². The molecule has 9 heteroatoms. The van der Waals surface area contributed by atoms with E-state index >= 15 is 0 Å². The van der Waals surface area contributed by atoms with E-state index in [9.17, 15) is 14.0 Å². The maximum Gasteiger partial charge on any atom is 0.324 e. The van der Waals surface area contributed by atoms with E-state index in [0.717, 1.165) is 10.9 Å². The number of ketones is 1. The third-order valence-corrected chi connectivity index (χ3v) is 5.45. The molecule has 31 heavy (non-hydrogen) atoms. The number of nitrogens with zero attached hydrogens (tertiary/aromatic N) is 4. The second-order valence-electron chi connectivity index (χ2n) is 7.41. The van der Waals surface area contributed by atoms with Crippen LogP contribution in [0.4, 0.5) is 14.9 Å². The van der Waals surface area contributed by atoms with Gasteiger partial charge in [0.15, 0.2) is 5.78 Å². The van der Waals surface area contributed by atoms with Crippen molar-refractivity contribution >= 4 is 28.4 Å². The van der Waals surface area contributed by atoms with Gasteiger partial charge < -0.3 is 15.4 Å². The van der Waals surface area contributed by atoms with Gasteiger partial charge in [-0.2, -0.15) is 5.10 Å². The fraction of sp³-hybridized carbons (Fsp3) is 0.318. The number of aryl methyl sites for hydroxylation is 1. The van der Waals surface area contributed by atoms with Gasteiger partial charge in [0.1, 0.15) is 5.82 Å². The number of hydrogen-bond donors (Lipinski definition) is 1. The molecule has 0 spiro atoms. The Hall–Kier alpha value is -3.30. The fourth-order valence-electron chi connectivity index (χ4n) is 3.63. The van der Waals surface area contributed by atoms with Gasteiger partial charge in [-0.25, -0.2) is 9.18 Å². The summed E-state index contributed by atoms with van der Waals surface area (Å²) < 4.78 is 21.9. The smallest absolute Gasteiger partial charge is 0.324 e. The van der Waals surface area contributed by atoms with Crippen LogP contribution in [0.5, 0.6) is 0 Å². The number of anilines is 1. The number of halogens is 1. The summed E-state index contributed by atoms with van der Waals surface area (Å²) in [6, 6.07) is 9.59. The summed E-state index contributed by atoms with van der Waals surface area (Å²) in [5.74, 6) is -0.894. The highest BCUT2D eigenvalue weighted by molar-refractivity contribution is 5.97. The van der Waals surface area contributed by atoms with Crippen LogP contribution in [-0.4, -0.2) is 59.3 Å². The Bertz CT molecular complexity index is 1120. The predicted octanol–water partition coefficient (Wildman–Crippen LogP) is 2.31. The maximum atomic E-state index is 14.8. The third-order valence-electron chi connectivity index (χ3n) is 5.45. The number of fused-ring (bicyclic) bond motifs is 1. The second kappa shape index (κ2) is 8.83. The van der Waals surface area contributed by atoms with Crippen molar-refractivity contribution in [2.75, 3.05) is 37.7 Å². The molecule has 1 aliphatic heterocycles. The third kappa shape index (κ3) is 4.28. The first kappa shape index (κ1) is 21.0. The van der Waals surface area contributed by atoms with Gasteiger partial charge in [-0.05, 0) is 24.3 Å². The summed E-state index contributed by atoms with van der Waals surface area (Å²) in [5, 5.41) is 5.19. The molecule has 0 aliphatic carbocycles. The summed E-state index contributed by atoms with van der Waals surface area (Å²) in [5.41, 5.74) is 7.39. The number of Topliss-reactive ketones (excluding diaryl/α,β-unsaturated/α-hetero) is 1. The SMILES string of the molecule is Cn1ncc2ccc(N(Cc3ccc(C(=O)CN)cc3F)C(=O)N3CCOCC3)cc21. The standard InChI is InChI=1S/C22H24FN5O3/c1-26-20-11-18(5-4-16(20)13-25-26)28(22(30)27-6-8-31-9-7-27)14-17-3-2-15(10-19(17)23)21(29)12-24/h2-5,10-11,13H,6-9,12,14,24H2,1H3. The van der Waals surface area contributed by atoms with Crippen LogP contribution in [-0.2, 0) is 18.3 Å². The zero-order valence-electron chi connectivity index (χ0n) is 17.3. The Kier molecular flexibility index (Phi) is 5.97. The van der Waals surface area contributed by atoms with Crippen molar-refractivity contribution in [3.8, 4) is 0 Å². The summed E-state index contributed by atoms with van der Waals surface area (Å²) in [4.78, 5) is 28.4. The van der Waals surface area contributed by atoms with Crippen LogP contribution in [0.15, 0.2) is 42.6 Å².